The van der Waals surface area contributed by atoms with E-state index in [9.17, 15) is 0 Å². The average molecular weight is 479 g/mol. The van der Waals surface area contributed by atoms with Gasteiger partial charge in [-0.3, -0.25) is 0 Å². The van der Waals surface area contributed by atoms with Crippen molar-refractivity contribution in [3.63, 3.8) is 0 Å². The van der Waals surface area contributed by atoms with Crippen LogP contribution in [0.4, 0.5) is 0 Å². The highest BCUT2D eigenvalue weighted by molar-refractivity contribution is 6.06. The highest BCUT2D eigenvalue weighted by Crippen LogP contribution is 2.35. The molecule has 2 heteroatoms. The van der Waals surface area contributed by atoms with Crippen LogP contribution in [0.5, 0.6) is 5.75 Å². The van der Waals surface area contributed by atoms with Crippen molar-refractivity contribution >= 4 is 27.5 Å². The van der Waals surface area contributed by atoms with Crippen LogP contribution in [0.2, 0.25) is 0 Å². The molecule has 5 aromatic carbocycles. The lowest BCUT2D eigenvalue weighted by Crippen LogP contribution is -1.94. The summed E-state index contributed by atoms with van der Waals surface area (Å²) >= 11 is 0. The summed E-state index contributed by atoms with van der Waals surface area (Å²) in [5.41, 5.74) is 10.6. The van der Waals surface area contributed by atoms with Crippen molar-refractivity contribution in [1.29, 1.82) is 0 Å². The van der Waals surface area contributed by atoms with Gasteiger partial charge in [0, 0.05) is 22.8 Å². The van der Waals surface area contributed by atoms with Gasteiger partial charge in [-0.2, -0.15) is 0 Å². The van der Waals surface area contributed by atoms with Crippen LogP contribution < -0.4 is 4.74 Å². The van der Waals surface area contributed by atoms with E-state index in [0.29, 0.717) is 0 Å². The molecular formula is C35H26O2. The van der Waals surface area contributed by atoms with Crippen LogP contribution >= 0.6 is 0 Å². The number of rotatable bonds is 4. The van der Waals surface area contributed by atoms with Crippen molar-refractivity contribution in [3.05, 3.63) is 143 Å². The second-order valence-corrected chi connectivity index (χ2v) is 9.81. The van der Waals surface area contributed by atoms with Gasteiger partial charge in [0.25, 0.3) is 0 Å². The molecule has 0 radical (unpaired) electrons. The molecule has 0 amide bonds. The van der Waals surface area contributed by atoms with Gasteiger partial charge >= 0.3 is 0 Å². The molecule has 1 aliphatic rings. The number of benzene rings is 5. The molecule has 1 aliphatic heterocycles. The van der Waals surface area contributed by atoms with Gasteiger partial charge in [0.2, 0.25) is 0 Å². The van der Waals surface area contributed by atoms with Crippen molar-refractivity contribution in [2.24, 2.45) is 0 Å². The number of hydrogen-bond donors (Lipinski definition) is 0. The lowest BCUT2D eigenvalue weighted by atomic mass is 9.97. The smallest absolute Gasteiger partial charge is 0.135 e. The van der Waals surface area contributed by atoms with Crippen molar-refractivity contribution in [2.75, 3.05) is 0 Å². The maximum absolute atomic E-state index is 6.11. The lowest BCUT2D eigenvalue weighted by Gasteiger charge is -2.09. The van der Waals surface area contributed by atoms with E-state index in [-0.39, 0.29) is 0 Å². The van der Waals surface area contributed by atoms with E-state index in [1.165, 1.54) is 39.0 Å². The fourth-order valence-electron chi connectivity index (χ4n) is 5.29. The summed E-state index contributed by atoms with van der Waals surface area (Å²) in [6, 6.07) is 40.7. The van der Waals surface area contributed by atoms with Gasteiger partial charge in [-0.05, 0) is 71.0 Å². The molecule has 0 aliphatic carbocycles. The van der Waals surface area contributed by atoms with Crippen LogP contribution in [-0.4, -0.2) is 0 Å². The predicted octanol–water partition coefficient (Wildman–Crippen LogP) is 9.21. The minimum absolute atomic E-state index is 0.861. The van der Waals surface area contributed by atoms with Crippen LogP contribution in [0.25, 0.3) is 38.6 Å². The Kier molecular flexibility index (Phi) is 5.18. The standard InChI is InChI=1S/C35H26O2/c1-23(35-22-29-6-2-4-8-32(29)36-35)26-14-10-24(11-15-26)20-25-12-16-27(17-13-25)28-18-19-34-31(21-28)30-7-3-5-9-33(30)37-34/h2-19,21H,20,22H2,1H3/b35-23-. The molecule has 0 N–H and O–H groups in total. The molecule has 0 spiro atoms. The summed E-state index contributed by atoms with van der Waals surface area (Å²) in [7, 11) is 0. The maximum atomic E-state index is 6.11. The Balaban J connectivity index is 1.08. The summed E-state index contributed by atoms with van der Waals surface area (Å²) in [5.74, 6) is 2.03. The van der Waals surface area contributed by atoms with Gasteiger partial charge in [-0.1, -0.05) is 91.0 Å². The minimum atomic E-state index is 0.861. The van der Waals surface area contributed by atoms with Gasteiger partial charge in [-0.25, -0.2) is 0 Å². The molecule has 7 rings (SSSR count). The molecule has 2 nitrogen and oxygen atoms in total. The maximum Gasteiger partial charge on any atom is 0.135 e. The predicted molar refractivity (Wildman–Crippen MR) is 152 cm³/mol. The number of furan rings is 1. The van der Waals surface area contributed by atoms with E-state index < -0.39 is 0 Å². The Labute approximate surface area is 216 Å². The molecule has 0 unspecified atom stereocenters. The first-order valence-electron chi connectivity index (χ1n) is 12.8. The Morgan fingerprint density at radius 3 is 2.14 bits per heavy atom. The van der Waals surface area contributed by atoms with Gasteiger partial charge < -0.3 is 9.15 Å². The van der Waals surface area contributed by atoms with E-state index in [1.54, 1.807) is 0 Å². The highest BCUT2D eigenvalue weighted by Gasteiger charge is 2.19. The van der Waals surface area contributed by atoms with Crippen molar-refractivity contribution in [1.82, 2.24) is 0 Å². The number of para-hydroxylation sites is 2. The van der Waals surface area contributed by atoms with Crippen molar-refractivity contribution in [3.8, 4) is 16.9 Å². The topological polar surface area (TPSA) is 22.4 Å². The molecule has 1 aromatic heterocycles. The fraction of sp³-hybridized carbons (Fsp3) is 0.0857. The molecule has 0 atom stereocenters. The Hall–Kier alpha value is -4.56. The number of fused-ring (bicyclic) bond motifs is 4. The summed E-state index contributed by atoms with van der Waals surface area (Å²) in [6.07, 6.45) is 1.77. The van der Waals surface area contributed by atoms with E-state index in [2.05, 4.69) is 97.9 Å². The van der Waals surface area contributed by atoms with Crippen LogP contribution in [0.1, 0.15) is 29.2 Å². The molecule has 178 valence electrons. The third kappa shape index (κ3) is 4.01. The number of ether oxygens (including phenoxy) is 1. The zero-order valence-corrected chi connectivity index (χ0v) is 20.7. The third-order valence-electron chi connectivity index (χ3n) is 7.43. The normalized spacial score (nSPS) is 14.1. The van der Waals surface area contributed by atoms with Crippen LogP contribution in [0, 0.1) is 0 Å². The first kappa shape index (κ1) is 21.7. The summed E-state index contributed by atoms with van der Waals surface area (Å²) < 4.78 is 12.1. The SMILES string of the molecule is C/C(=C1\Cc2ccccc2O1)c1ccc(Cc2ccc(-c3ccc4oc5ccccc5c4c3)cc2)cc1. The molecule has 0 saturated carbocycles. The van der Waals surface area contributed by atoms with E-state index in [0.717, 1.165) is 46.3 Å². The molecule has 0 bridgehead atoms. The highest BCUT2D eigenvalue weighted by atomic mass is 16.5. The summed E-state index contributed by atoms with van der Waals surface area (Å²) in [5, 5.41) is 2.32. The molecule has 6 aromatic rings. The van der Waals surface area contributed by atoms with Gasteiger partial charge in [0.15, 0.2) is 0 Å². The third-order valence-corrected chi connectivity index (χ3v) is 7.43. The lowest BCUT2D eigenvalue weighted by molar-refractivity contribution is 0.448. The van der Waals surface area contributed by atoms with Gasteiger partial charge in [0.1, 0.15) is 22.7 Å². The van der Waals surface area contributed by atoms with E-state index in [4.69, 9.17) is 9.15 Å². The van der Waals surface area contributed by atoms with Crippen LogP contribution in [0.3, 0.4) is 0 Å². The van der Waals surface area contributed by atoms with Gasteiger partial charge in [0.05, 0.1) is 0 Å². The number of allylic oxidation sites excluding steroid dienone is 2. The second-order valence-electron chi connectivity index (χ2n) is 9.81. The molecular weight excluding hydrogens is 452 g/mol. The van der Waals surface area contributed by atoms with E-state index in [1.807, 2.05) is 24.3 Å². The summed E-state index contributed by atoms with van der Waals surface area (Å²) in [4.78, 5) is 0. The zero-order valence-electron chi connectivity index (χ0n) is 20.7. The van der Waals surface area contributed by atoms with Crippen molar-refractivity contribution < 1.29 is 9.15 Å². The monoisotopic (exact) mass is 478 g/mol. The van der Waals surface area contributed by atoms with Crippen LogP contribution in [0.15, 0.2) is 125 Å². The molecule has 0 saturated heterocycles. The average Bonchev–Trinajstić information content (AvgIpc) is 3.55. The quantitative estimate of drug-likeness (QED) is 0.252. The molecule has 0 fully saturated rings. The fourth-order valence-corrected chi connectivity index (χ4v) is 5.29. The second kappa shape index (κ2) is 8.83. The van der Waals surface area contributed by atoms with E-state index >= 15 is 0 Å². The first-order valence-corrected chi connectivity index (χ1v) is 12.8. The Morgan fingerprint density at radius 1 is 0.649 bits per heavy atom. The number of hydrogen-bond acceptors (Lipinski definition) is 2. The largest absolute Gasteiger partial charge is 0.461 e. The molecule has 37 heavy (non-hydrogen) atoms. The Morgan fingerprint density at radius 2 is 1.32 bits per heavy atom. The summed E-state index contributed by atoms with van der Waals surface area (Å²) in [6.45, 7) is 2.15. The van der Waals surface area contributed by atoms with Gasteiger partial charge in [-0.15, -0.1) is 0 Å². The first-order chi connectivity index (χ1) is 18.2. The minimum Gasteiger partial charge on any atom is -0.461 e. The molecule has 2 heterocycles. The van der Waals surface area contributed by atoms with Crippen LogP contribution in [-0.2, 0) is 12.8 Å². The van der Waals surface area contributed by atoms with Crippen molar-refractivity contribution in [2.45, 2.75) is 19.8 Å². The zero-order chi connectivity index (χ0) is 24.8. The Bertz CT molecular complexity index is 1760.